The molecule has 0 unspecified atom stereocenters. The van der Waals surface area contributed by atoms with Gasteiger partial charge in [-0.3, -0.25) is 5.10 Å². The molecule has 1 N–H and O–H groups in total. The van der Waals surface area contributed by atoms with E-state index < -0.39 is 11.9 Å². The molecule has 1 heterocycles. The molecule has 17 heavy (non-hydrogen) atoms. The number of nitrogens with one attached hydrogen (secondary N) is 1. The number of rotatable bonds is 1. The van der Waals surface area contributed by atoms with E-state index in [1.54, 1.807) is 6.07 Å². The Morgan fingerprint density at radius 2 is 1.82 bits per heavy atom. The summed E-state index contributed by atoms with van der Waals surface area (Å²) in [6, 6.07) is 5.39. The van der Waals surface area contributed by atoms with Gasteiger partial charge in [0.15, 0.2) is 0 Å². The summed E-state index contributed by atoms with van der Waals surface area (Å²) in [5, 5.41) is 6.14. The minimum absolute atomic E-state index is 0.102. The van der Waals surface area contributed by atoms with Gasteiger partial charge in [-0.25, -0.2) is 0 Å². The summed E-state index contributed by atoms with van der Waals surface area (Å²) in [7, 11) is 0. The molecule has 0 aliphatic carbocycles. The van der Waals surface area contributed by atoms with Crippen LogP contribution in [0.25, 0.3) is 11.3 Å². The number of halogens is 5. The lowest BCUT2D eigenvalue weighted by Gasteiger charge is -2.01. The molecule has 0 saturated carbocycles. The van der Waals surface area contributed by atoms with Crippen LogP contribution in [0.3, 0.4) is 0 Å². The van der Waals surface area contributed by atoms with Crippen molar-refractivity contribution in [3.63, 3.8) is 0 Å². The summed E-state index contributed by atoms with van der Waals surface area (Å²) in [5.41, 5.74) is -0.473. The van der Waals surface area contributed by atoms with E-state index in [0.29, 0.717) is 10.6 Å². The Bertz CT molecular complexity index is 549. The quantitative estimate of drug-likeness (QED) is 0.824. The Hall–Kier alpha value is -1.20. The number of hydrogen-bond donors (Lipinski definition) is 1. The summed E-state index contributed by atoms with van der Waals surface area (Å²) in [5.74, 6) is 0. The average Bonchev–Trinajstić information content (AvgIpc) is 2.70. The maximum Gasteiger partial charge on any atom is 0.432 e. The Morgan fingerprint density at radius 1 is 1.12 bits per heavy atom. The fraction of sp³-hybridized carbons (Fsp3) is 0.100. The number of alkyl halides is 3. The van der Waals surface area contributed by atoms with Crippen molar-refractivity contribution in [2.24, 2.45) is 0 Å². The largest absolute Gasteiger partial charge is 0.432 e. The van der Waals surface area contributed by atoms with Crippen LogP contribution in [0.1, 0.15) is 5.69 Å². The predicted octanol–water partition coefficient (Wildman–Crippen LogP) is 4.40. The van der Waals surface area contributed by atoms with E-state index >= 15 is 0 Å². The SMILES string of the molecule is FC(F)(F)c1cc(-c2cc(Cl)ccc2Cl)n[nH]1. The second-order valence-corrected chi connectivity index (χ2v) is 4.13. The first kappa shape index (κ1) is 12.3. The van der Waals surface area contributed by atoms with Crippen LogP contribution in [0.5, 0.6) is 0 Å². The Kier molecular flexibility index (Phi) is 3.05. The maximum atomic E-state index is 12.4. The molecule has 0 fully saturated rings. The van der Waals surface area contributed by atoms with Crippen molar-refractivity contribution in [1.82, 2.24) is 10.2 Å². The highest BCUT2D eigenvalue weighted by molar-refractivity contribution is 6.35. The predicted molar refractivity (Wildman–Crippen MR) is 59.0 cm³/mol. The first-order valence-corrected chi connectivity index (χ1v) is 5.21. The molecule has 7 heteroatoms. The monoisotopic (exact) mass is 280 g/mol. The normalized spacial score (nSPS) is 11.8. The third kappa shape index (κ3) is 2.56. The average molecular weight is 281 g/mol. The minimum Gasteiger partial charge on any atom is -0.273 e. The van der Waals surface area contributed by atoms with Gasteiger partial charge >= 0.3 is 6.18 Å². The molecule has 0 atom stereocenters. The van der Waals surface area contributed by atoms with E-state index in [-0.39, 0.29) is 10.7 Å². The molecule has 1 aromatic carbocycles. The van der Waals surface area contributed by atoms with Crippen LogP contribution >= 0.6 is 23.2 Å². The third-order valence-corrected chi connectivity index (χ3v) is 2.65. The Labute approximate surface area is 104 Å². The van der Waals surface area contributed by atoms with E-state index in [9.17, 15) is 13.2 Å². The molecule has 0 saturated heterocycles. The molecular weight excluding hydrogens is 276 g/mol. The topological polar surface area (TPSA) is 28.7 Å². The number of aromatic nitrogens is 2. The highest BCUT2D eigenvalue weighted by Gasteiger charge is 2.33. The summed E-state index contributed by atoms with van der Waals surface area (Å²) in [4.78, 5) is 0. The fourth-order valence-electron chi connectivity index (χ4n) is 1.30. The van der Waals surface area contributed by atoms with Gasteiger partial charge in [-0.1, -0.05) is 23.2 Å². The highest BCUT2D eigenvalue weighted by Crippen LogP contribution is 2.33. The van der Waals surface area contributed by atoms with Crippen LogP contribution in [-0.4, -0.2) is 10.2 Å². The number of H-pyrrole nitrogens is 1. The van der Waals surface area contributed by atoms with E-state index in [1.807, 2.05) is 5.10 Å². The molecule has 0 spiro atoms. The zero-order valence-electron chi connectivity index (χ0n) is 8.15. The van der Waals surface area contributed by atoms with Crippen LogP contribution in [0, 0.1) is 0 Å². The zero-order valence-corrected chi connectivity index (χ0v) is 9.66. The summed E-state index contributed by atoms with van der Waals surface area (Å²) >= 11 is 11.6. The zero-order chi connectivity index (χ0) is 12.6. The molecule has 90 valence electrons. The van der Waals surface area contributed by atoms with Gasteiger partial charge in [0.25, 0.3) is 0 Å². The Morgan fingerprint density at radius 3 is 2.41 bits per heavy atom. The lowest BCUT2D eigenvalue weighted by molar-refractivity contribution is -0.141. The van der Waals surface area contributed by atoms with Crippen molar-refractivity contribution in [2.45, 2.75) is 6.18 Å². The van der Waals surface area contributed by atoms with Gasteiger partial charge in [0, 0.05) is 10.6 Å². The molecule has 0 radical (unpaired) electrons. The lowest BCUT2D eigenvalue weighted by atomic mass is 10.1. The van der Waals surface area contributed by atoms with E-state index in [1.165, 1.54) is 12.1 Å². The van der Waals surface area contributed by atoms with Crippen LogP contribution in [0.2, 0.25) is 10.0 Å². The molecule has 0 amide bonds. The summed E-state index contributed by atoms with van der Waals surface area (Å²) in [6.07, 6.45) is -4.46. The summed E-state index contributed by atoms with van der Waals surface area (Å²) in [6.45, 7) is 0. The molecule has 2 rings (SSSR count). The Balaban J connectivity index is 2.47. The van der Waals surface area contributed by atoms with Gasteiger partial charge in [-0.2, -0.15) is 18.3 Å². The van der Waals surface area contributed by atoms with E-state index in [0.717, 1.165) is 6.07 Å². The van der Waals surface area contributed by atoms with Crippen molar-refractivity contribution < 1.29 is 13.2 Å². The molecule has 0 aliphatic heterocycles. The second kappa shape index (κ2) is 4.23. The van der Waals surface area contributed by atoms with Gasteiger partial charge in [-0.15, -0.1) is 0 Å². The molecule has 2 aromatic rings. The second-order valence-electron chi connectivity index (χ2n) is 3.29. The molecule has 1 aromatic heterocycles. The van der Waals surface area contributed by atoms with Crippen LogP contribution < -0.4 is 0 Å². The highest BCUT2D eigenvalue weighted by atomic mass is 35.5. The van der Waals surface area contributed by atoms with Gasteiger partial charge in [-0.05, 0) is 24.3 Å². The standard InChI is InChI=1S/C10H5Cl2F3N2/c11-5-1-2-7(12)6(3-5)8-4-9(17-16-8)10(13,14)15/h1-4H,(H,16,17). The molecule has 0 bridgehead atoms. The van der Waals surface area contributed by atoms with Crippen molar-refractivity contribution >= 4 is 23.2 Å². The smallest absolute Gasteiger partial charge is 0.273 e. The maximum absolute atomic E-state index is 12.4. The van der Waals surface area contributed by atoms with E-state index in [2.05, 4.69) is 5.10 Å². The minimum atomic E-state index is -4.46. The van der Waals surface area contributed by atoms with Gasteiger partial charge in [0.1, 0.15) is 5.69 Å². The first-order chi connectivity index (χ1) is 7.88. The summed E-state index contributed by atoms with van der Waals surface area (Å²) < 4.78 is 37.1. The third-order valence-electron chi connectivity index (χ3n) is 2.09. The van der Waals surface area contributed by atoms with E-state index in [4.69, 9.17) is 23.2 Å². The number of benzene rings is 1. The van der Waals surface area contributed by atoms with Crippen LogP contribution in [0.15, 0.2) is 24.3 Å². The molecule has 0 aliphatic rings. The van der Waals surface area contributed by atoms with Crippen molar-refractivity contribution in [1.29, 1.82) is 0 Å². The molecule has 2 nitrogen and oxygen atoms in total. The van der Waals surface area contributed by atoms with Crippen LogP contribution in [0.4, 0.5) is 13.2 Å². The van der Waals surface area contributed by atoms with Crippen LogP contribution in [-0.2, 0) is 6.18 Å². The van der Waals surface area contributed by atoms with Gasteiger partial charge < -0.3 is 0 Å². The van der Waals surface area contributed by atoms with Gasteiger partial charge in [0.05, 0.1) is 10.7 Å². The van der Waals surface area contributed by atoms with Crippen molar-refractivity contribution in [3.05, 3.63) is 40.0 Å². The first-order valence-electron chi connectivity index (χ1n) is 4.46. The van der Waals surface area contributed by atoms with Crippen molar-refractivity contribution in [3.8, 4) is 11.3 Å². The number of aromatic amines is 1. The molecular formula is C10H5Cl2F3N2. The lowest BCUT2D eigenvalue weighted by Crippen LogP contribution is -2.04. The van der Waals surface area contributed by atoms with Crippen molar-refractivity contribution in [2.75, 3.05) is 0 Å². The van der Waals surface area contributed by atoms with Gasteiger partial charge in [0.2, 0.25) is 0 Å². The fourth-order valence-corrected chi connectivity index (χ4v) is 1.69. The number of hydrogen-bond acceptors (Lipinski definition) is 1. The number of nitrogens with zero attached hydrogens (tertiary/aromatic N) is 1.